The van der Waals surface area contributed by atoms with E-state index in [-0.39, 0.29) is 11.6 Å². The second-order valence-corrected chi connectivity index (χ2v) is 10.7. The summed E-state index contributed by atoms with van der Waals surface area (Å²) >= 11 is 1.55. The van der Waals surface area contributed by atoms with Gasteiger partial charge in [0, 0.05) is 42.2 Å². The lowest BCUT2D eigenvalue weighted by atomic mass is 9.97. The first-order valence-corrected chi connectivity index (χ1v) is 13.2. The van der Waals surface area contributed by atoms with Crippen LogP contribution >= 0.6 is 11.3 Å². The molecule has 7 rings (SSSR count). The van der Waals surface area contributed by atoms with E-state index in [1.165, 1.54) is 0 Å². The Morgan fingerprint density at radius 1 is 1.08 bits per heavy atom. The van der Waals surface area contributed by atoms with E-state index in [9.17, 15) is 9.59 Å². The van der Waals surface area contributed by atoms with E-state index >= 15 is 0 Å². The number of benzene rings is 1. The van der Waals surface area contributed by atoms with Gasteiger partial charge in [0.25, 0.3) is 11.8 Å². The zero-order valence-electron chi connectivity index (χ0n) is 20.8. The standard InChI is InChI=1S/C27H24N8O2S/c1-34(2)12-18-19-10-28-11-20(35(19)13-30-18)24-31-17-6-4-3-5-15(17)23(32-24)22-21(25(36)33-26(22)37)16-9-29-27-14(16)7-8-38-27/h3-9,13,20,28-29H,10-12H2,1-2H3,(H,33,36,37). The summed E-state index contributed by atoms with van der Waals surface area (Å²) in [4.78, 5) is 47.3. The van der Waals surface area contributed by atoms with Crippen molar-refractivity contribution < 1.29 is 9.59 Å². The minimum absolute atomic E-state index is 0.217. The zero-order valence-corrected chi connectivity index (χ0v) is 21.6. The average molecular weight is 525 g/mol. The van der Waals surface area contributed by atoms with Gasteiger partial charge < -0.3 is 19.8 Å². The number of aromatic amines is 1. The number of para-hydroxylation sites is 1. The van der Waals surface area contributed by atoms with Crippen LogP contribution in [0.3, 0.4) is 0 Å². The van der Waals surface area contributed by atoms with Crippen molar-refractivity contribution in [2.45, 2.75) is 19.1 Å². The number of fused-ring (bicyclic) bond motifs is 3. The van der Waals surface area contributed by atoms with Crippen molar-refractivity contribution in [3.63, 3.8) is 0 Å². The summed E-state index contributed by atoms with van der Waals surface area (Å²) in [5, 5.41) is 9.57. The third-order valence-corrected chi connectivity index (χ3v) is 7.92. The Bertz CT molecular complexity index is 1790. The molecular formula is C27H24N8O2S. The van der Waals surface area contributed by atoms with Crippen molar-refractivity contribution in [3.05, 3.63) is 76.7 Å². The number of rotatable bonds is 5. The SMILES string of the molecule is CN(C)Cc1ncn2c1CNCC2c1nc(C2=C(c3c[nH]c4sccc34)C(=O)NC2=O)c2ccccc2n1. The van der Waals surface area contributed by atoms with Crippen molar-refractivity contribution in [3.8, 4) is 0 Å². The minimum atomic E-state index is -0.456. The average Bonchev–Trinajstić information content (AvgIpc) is 3.67. The Morgan fingerprint density at radius 3 is 2.79 bits per heavy atom. The minimum Gasteiger partial charge on any atom is -0.352 e. The van der Waals surface area contributed by atoms with Gasteiger partial charge in [-0.25, -0.2) is 15.0 Å². The monoisotopic (exact) mass is 524 g/mol. The molecular weight excluding hydrogens is 500 g/mol. The van der Waals surface area contributed by atoms with Crippen LogP contribution in [0.2, 0.25) is 0 Å². The number of amides is 2. The largest absolute Gasteiger partial charge is 0.352 e. The highest BCUT2D eigenvalue weighted by molar-refractivity contribution is 7.16. The molecule has 4 aromatic heterocycles. The van der Waals surface area contributed by atoms with Crippen LogP contribution in [0.5, 0.6) is 0 Å². The zero-order chi connectivity index (χ0) is 26.0. The van der Waals surface area contributed by atoms with Gasteiger partial charge in [0.15, 0.2) is 5.82 Å². The maximum atomic E-state index is 13.3. The van der Waals surface area contributed by atoms with Crippen molar-refractivity contribution >= 4 is 55.4 Å². The van der Waals surface area contributed by atoms with Gasteiger partial charge >= 0.3 is 0 Å². The molecule has 0 fully saturated rings. The number of aromatic nitrogens is 5. The van der Waals surface area contributed by atoms with Crippen LogP contribution in [-0.4, -0.2) is 61.9 Å². The highest BCUT2D eigenvalue weighted by atomic mass is 32.1. The van der Waals surface area contributed by atoms with Gasteiger partial charge in [-0.1, -0.05) is 18.2 Å². The summed E-state index contributed by atoms with van der Waals surface area (Å²) in [6.45, 7) is 2.05. The lowest BCUT2D eigenvalue weighted by molar-refractivity contribution is -0.122. The number of nitrogens with one attached hydrogen (secondary N) is 3. The molecule has 3 N–H and O–H groups in total. The van der Waals surface area contributed by atoms with Crippen LogP contribution in [0.4, 0.5) is 0 Å². The Labute approximate surface area is 221 Å². The number of H-pyrrole nitrogens is 1. The number of nitrogens with zero attached hydrogens (tertiary/aromatic N) is 5. The molecule has 5 aromatic rings. The molecule has 6 heterocycles. The van der Waals surface area contributed by atoms with Crippen molar-refractivity contribution in [1.82, 2.24) is 40.0 Å². The Morgan fingerprint density at radius 2 is 1.92 bits per heavy atom. The molecule has 0 bridgehead atoms. The maximum Gasteiger partial charge on any atom is 0.261 e. The number of imide groups is 1. The molecule has 11 heteroatoms. The summed E-state index contributed by atoms with van der Waals surface area (Å²) in [6, 6.07) is 9.34. The Balaban J connectivity index is 1.45. The fourth-order valence-corrected chi connectivity index (χ4v) is 6.16. The van der Waals surface area contributed by atoms with Crippen LogP contribution in [0, 0.1) is 0 Å². The lowest BCUT2D eigenvalue weighted by Gasteiger charge is -2.27. The molecule has 10 nitrogen and oxygen atoms in total. The molecule has 0 spiro atoms. The van der Waals surface area contributed by atoms with Gasteiger partial charge in [-0.3, -0.25) is 14.9 Å². The van der Waals surface area contributed by atoms with E-state index in [1.807, 2.05) is 56.1 Å². The smallest absolute Gasteiger partial charge is 0.261 e. The van der Waals surface area contributed by atoms with Gasteiger partial charge in [0.05, 0.1) is 40.1 Å². The third kappa shape index (κ3) is 3.51. The van der Waals surface area contributed by atoms with Crippen LogP contribution in [0.1, 0.15) is 34.5 Å². The van der Waals surface area contributed by atoms with Gasteiger partial charge in [-0.15, -0.1) is 11.3 Å². The molecule has 2 amide bonds. The van der Waals surface area contributed by atoms with E-state index in [4.69, 9.17) is 9.97 Å². The van der Waals surface area contributed by atoms with Crippen LogP contribution in [-0.2, 0) is 22.7 Å². The normalized spacial score (nSPS) is 17.7. The third-order valence-electron chi connectivity index (χ3n) is 7.07. The van der Waals surface area contributed by atoms with Gasteiger partial charge in [0.1, 0.15) is 10.9 Å². The van der Waals surface area contributed by atoms with Crippen LogP contribution in [0.25, 0.3) is 32.3 Å². The molecule has 0 aliphatic carbocycles. The van der Waals surface area contributed by atoms with Crippen LogP contribution in [0.15, 0.2) is 48.2 Å². The summed E-state index contributed by atoms with van der Waals surface area (Å²) in [5.74, 6) is -0.316. The Hall–Kier alpha value is -4.19. The van der Waals surface area contributed by atoms with Gasteiger partial charge in [-0.2, -0.15) is 0 Å². The predicted molar refractivity (Wildman–Crippen MR) is 145 cm³/mol. The number of thiophene rings is 1. The second kappa shape index (κ2) is 8.69. The van der Waals surface area contributed by atoms with Crippen molar-refractivity contribution in [2.24, 2.45) is 0 Å². The van der Waals surface area contributed by atoms with E-state index < -0.39 is 11.8 Å². The quantitative estimate of drug-likeness (QED) is 0.302. The lowest BCUT2D eigenvalue weighted by Crippen LogP contribution is -2.35. The molecule has 2 aliphatic rings. The summed E-state index contributed by atoms with van der Waals surface area (Å²) in [5.41, 5.74) is 4.54. The predicted octanol–water partition coefficient (Wildman–Crippen LogP) is 2.69. The highest BCUT2D eigenvalue weighted by Gasteiger charge is 2.36. The van der Waals surface area contributed by atoms with Crippen LogP contribution < -0.4 is 10.6 Å². The second-order valence-electron chi connectivity index (χ2n) is 9.78. The number of carbonyl (C=O) groups is 2. The summed E-state index contributed by atoms with van der Waals surface area (Å²) in [6.07, 6.45) is 3.63. The van der Waals surface area contributed by atoms with E-state index in [0.717, 1.165) is 28.1 Å². The molecule has 0 saturated heterocycles. The van der Waals surface area contributed by atoms with E-state index in [2.05, 4.69) is 30.1 Å². The summed E-state index contributed by atoms with van der Waals surface area (Å²) < 4.78 is 2.12. The molecule has 1 unspecified atom stereocenters. The topological polar surface area (TPSA) is 121 Å². The number of hydrogen-bond donors (Lipinski definition) is 3. The van der Waals surface area contributed by atoms with Crippen molar-refractivity contribution in [1.29, 1.82) is 0 Å². The summed E-state index contributed by atoms with van der Waals surface area (Å²) in [7, 11) is 4.04. The maximum absolute atomic E-state index is 13.3. The number of imidazole rings is 1. The molecule has 0 radical (unpaired) electrons. The van der Waals surface area contributed by atoms with Gasteiger partial charge in [-0.05, 0) is 31.6 Å². The van der Waals surface area contributed by atoms with Crippen molar-refractivity contribution in [2.75, 3.05) is 20.6 Å². The number of hydrogen-bond acceptors (Lipinski definition) is 8. The fourth-order valence-electron chi connectivity index (χ4n) is 5.39. The molecule has 1 aromatic carbocycles. The molecule has 190 valence electrons. The number of carbonyl (C=O) groups excluding carboxylic acids is 2. The highest BCUT2D eigenvalue weighted by Crippen LogP contribution is 2.38. The molecule has 38 heavy (non-hydrogen) atoms. The molecule has 2 aliphatic heterocycles. The molecule has 0 saturated carbocycles. The van der Waals surface area contributed by atoms with Gasteiger partial charge in [0.2, 0.25) is 0 Å². The fraction of sp³-hybridized carbons (Fsp3) is 0.222. The molecule has 1 atom stereocenters. The van der Waals surface area contributed by atoms with E-state index in [1.54, 1.807) is 17.5 Å². The Kier molecular flexibility index (Phi) is 5.25. The first kappa shape index (κ1) is 23.0. The first-order valence-electron chi connectivity index (χ1n) is 12.3. The first-order chi connectivity index (χ1) is 18.5. The van der Waals surface area contributed by atoms with E-state index in [0.29, 0.717) is 46.6 Å².